The van der Waals surface area contributed by atoms with E-state index in [-0.39, 0.29) is 5.69 Å². The average molecular weight is 232 g/mol. The maximum atomic E-state index is 11.0. The summed E-state index contributed by atoms with van der Waals surface area (Å²) in [7, 11) is 0. The van der Waals surface area contributed by atoms with E-state index >= 15 is 0 Å². The first-order valence-electron chi connectivity index (χ1n) is 5.47. The van der Waals surface area contributed by atoms with E-state index in [2.05, 4.69) is 27.4 Å². The molecule has 0 saturated carbocycles. The number of H-pyrrole nitrogens is 2. The number of nitrogens with one attached hydrogen (secondary N) is 3. The van der Waals surface area contributed by atoms with Gasteiger partial charge in [0.1, 0.15) is 5.69 Å². The van der Waals surface area contributed by atoms with Crippen molar-refractivity contribution >= 4 is 11.7 Å². The van der Waals surface area contributed by atoms with Gasteiger partial charge >= 0.3 is 5.97 Å². The molecule has 4 N–H and O–H groups in total. The van der Waals surface area contributed by atoms with Crippen molar-refractivity contribution in [1.29, 1.82) is 0 Å². The smallest absolute Gasteiger partial charge is 0.356 e. The second-order valence-electron chi connectivity index (χ2n) is 4.02. The number of fused-ring (bicyclic) bond motifs is 3. The number of aryl methyl sites for hydroxylation is 1. The molecule has 0 spiro atoms. The van der Waals surface area contributed by atoms with Crippen LogP contribution in [0.4, 0.5) is 5.69 Å². The van der Waals surface area contributed by atoms with Crippen LogP contribution in [0.1, 0.15) is 28.8 Å². The number of anilines is 1. The maximum absolute atomic E-state index is 11.0. The Morgan fingerprint density at radius 2 is 2.41 bits per heavy atom. The highest BCUT2D eigenvalue weighted by Gasteiger charge is 2.26. The molecule has 0 amide bonds. The Balaban J connectivity index is 2.16. The molecule has 1 aliphatic rings. The third kappa shape index (κ3) is 1.33. The molecule has 0 aliphatic carbocycles. The first kappa shape index (κ1) is 9.95. The second kappa shape index (κ2) is 3.38. The summed E-state index contributed by atoms with van der Waals surface area (Å²) in [6.45, 7) is 2.67. The van der Waals surface area contributed by atoms with E-state index < -0.39 is 5.97 Å². The number of aromatic amines is 2. The fourth-order valence-corrected chi connectivity index (χ4v) is 2.14. The van der Waals surface area contributed by atoms with Crippen LogP contribution < -0.4 is 5.32 Å². The molecule has 3 rings (SSSR count). The Hall–Kier alpha value is -2.24. The van der Waals surface area contributed by atoms with Gasteiger partial charge in [-0.05, 0) is 12.5 Å². The lowest BCUT2D eigenvalue weighted by Crippen LogP contribution is -2.10. The largest absolute Gasteiger partial charge is 0.476 e. The second-order valence-corrected chi connectivity index (χ2v) is 4.02. The van der Waals surface area contributed by atoms with Crippen molar-refractivity contribution in [1.82, 2.24) is 15.2 Å². The van der Waals surface area contributed by atoms with Crippen LogP contribution >= 0.6 is 0 Å². The van der Waals surface area contributed by atoms with E-state index in [1.165, 1.54) is 0 Å². The molecular formula is C11H12N4O2. The van der Waals surface area contributed by atoms with E-state index in [0.717, 1.165) is 23.4 Å². The molecule has 0 bridgehead atoms. The SMILES string of the molecule is CCc1cc2c([nH]1)CNc1c-2n[nH]c1C(=O)O. The molecule has 0 unspecified atom stereocenters. The van der Waals surface area contributed by atoms with E-state index in [0.29, 0.717) is 17.9 Å². The molecule has 88 valence electrons. The van der Waals surface area contributed by atoms with Gasteiger partial charge in [-0.25, -0.2) is 4.79 Å². The summed E-state index contributed by atoms with van der Waals surface area (Å²) < 4.78 is 0. The van der Waals surface area contributed by atoms with Gasteiger partial charge in [-0.3, -0.25) is 5.10 Å². The molecule has 0 radical (unpaired) electrons. The van der Waals surface area contributed by atoms with Crippen LogP contribution in [0.2, 0.25) is 0 Å². The molecule has 0 fully saturated rings. The Kier molecular flexibility index (Phi) is 1.98. The Labute approximate surface area is 97.1 Å². The van der Waals surface area contributed by atoms with Gasteiger partial charge in [-0.15, -0.1) is 0 Å². The third-order valence-electron chi connectivity index (χ3n) is 3.01. The molecular weight excluding hydrogens is 220 g/mol. The molecule has 0 saturated heterocycles. The monoisotopic (exact) mass is 232 g/mol. The van der Waals surface area contributed by atoms with Gasteiger partial charge in [0.25, 0.3) is 0 Å². The predicted octanol–water partition coefficient (Wildman–Crippen LogP) is 1.59. The van der Waals surface area contributed by atoms with Crippen LogP contribution in [0.3, 0.4) is 0 Å². The van der Waals surface area contributed by atoms with Crippen LogP contribution in [0.5, 0.6) is 0 Å². The number of carboxylic acid groups (broad SMARTS) is 1. The Morgan fingerprint density at radius 1 is 1.59 bits per heavy atom. The number of carboxylic acids is 1. The van der Waals surface area contributed by atoms with Crippen molar-refractivity contribution < 1.29 is 9.90 Å². The van der Waals surface area contributed by atoms with Gasteiger partial charge in [0.05, 0.1) is 12.2 Å². The molecule has 6 nitrogen and oxygen atoms in total. The summed E-state index contributed by atoms with van der Waals surface area (Å²) in [4.78, 5) is 14.3. The van der Waals surface area contributed by atoms with E-state index in [9.17, 15) is 4.79 Å². The van der Waals surface area contributed by atoms with Crippen LogP contribution in [0, 0.1) is 0 Å². The summed E-state index contributed by atoms with van der Waals surface area (Å²) in [5.41, 5.74) is 4.54. The van der Waals surface area contributed by atoms with E-state index in [1.54, 1.807) is 0 Å². The van der Waals surface area contributed by atoms with Crippen LogP contribution in [0.15, 0.2) is 6.07 Å². The number of nitrogens with zero attached hydrogens (tertiary/aromatic N) is 1. The molecule has 0 aromatic carbocycles. The standard InChI is InChI=1S/C11H12N4O2/c1-2-5-3-6-7(13-5)4-12-9-8(6)14-15-10(9)11(16)17/h3,12-13H,2,4H2,1H3,(H,14,15)(H,16,17). The van der Waals surface area contributed by atoms with Gasteiger partial charge in [0.15, 0.2) is 5.69 Å². The summed E-state index contributed by atoms with van der Waals surface area (Å²) >= 11 is 0. The number of hydrogen-bond acceptors (Lipinski definition) is 3. The van der Waals surface area contributed by atoms with Crippen LogP contribution in [0.25, 0.3) is 11.3 Å². The Bertz CT molecular complexity index is 597. The maximum Gasteiger partial charge on any atom is 0.356 e. The number of rotatable bonds is 2. The number of aromatic carboxylic acids is 1. The lowest BCUT2D eigenvalue weighted by Gasteiger charge is -2.13. The van der Waals surface area contributed by atoms with Crippen molar-refractivity contribution in [3.63, 3.8) is 0 Å². The first-order chi connectivity index (χ1) is 8.20. The summed E-state index contributed by atoms with van der Waals surface area (Å²) in [5.74, 6) is -0.999. The van der Waals surface area contributed by atoms with Gasteiger partial charge in [0.2, 0.25) is 0 Å². The summed E-state index contributed by atoms with van der Waals surface area (Å²) in [6, 6.07) is 2.03. The molecule has 2 aromatic rings. The zero-order valence-electron chi connectivity index (χ0n) is 9.29. The number of hydrogen-bond donors (Lipinski definition) is 4. The van der Waals surface area contributed by atoms with Crippen molar-refractivity contribution in [2.45, 2.75) is 19.9 Å². The minimum Gasteiger partial charge on any atom is -0.476 e. The van der Waals surface area contributed by atoms with E-state index in [4.69, 9.17) is 5.11 Å². The highest BCUT2D eigenvalue weighted by molar-refractivity contribution is 5.97. The van der Waals surface area contributed by atoms with Crippen LogP contribution in [-0.4, -0.2) is 26.3 Å². The van der Waals surface area contributed by atoms with Crippen LogP contribution in [-0.2, 0) is 13.0 Å². The molecule has 1 aliphatic heterocycles. The minimum atomic E-state index is -0.999. The number of aromatic nitrogens is 3. The van der Waals surface area contributed by atoms with Crippen molar-refractivity contribution in [2.75, 3.05) is 5.32 Å². The fourth-order valence-electron chi connectivity index (χ4n) is 2.14. The zero-order chi connectivity index (χ0) is 12.0. The van der Waals surface area contributed by atoms with Gasteiger partial charge < -0.3 is 15.4 Å². The van der Waals surface area contributed by atoms with Crippen molar-refractivity contribution in [3.8, 4) is 11.3 Å². The highest BCUT2D eigenvalue weighted by Crippen LogP contribution is 2.36. The Morgan fingerprint density at radius 3 is 3.12 bits per heavy atom. The highest BCUT2D eigenvalue weighted by atomic mass is 16.4. The zero-order valence-corrected chi connectivity index (χ0v) is 9.29. The number of carbonyl (C=O) groups is 1. The van der Waals surface area contributed by atoms with Gasteiger partial charge in [0, 0.05) is 17.0 Å². The predicted molar refractivity (Wildman–Crippen MR) is 62.0 cm³/mol. The quantitative estimate of drug-likeness (QED) is 0.632. The van der Waals surface area contributed by atoms with Crippen molar-refractivity contribution in [2.24, 2.45) is 0 Å². The molecule has 3 heterocycles. The average Bonchev–Trinajstić information content (AvgIpc) is 2.91. The topological polar surface area (TPSA) is 93.8 Å². The normalized spacial score (nSPS) is 12.8. The molecule has 0 atom stereocenters. The minimum absolute atomic E-state index is 0.116. The third-order valence-corrected chi connectivity index (χ3v) is 3.01. The molecule has 17 heavy (non-hydrogen) atoms. The lowest BCUT2D eigenvalue weighted by molar-refractivity contribution is 0.0691. The molecule has 2 aromatic heterocycles. The van der Waals surface area contributed by atoms with Gasteiger partial charge in [-0.1, -0.05) is 6.92 Å². The molecule has 6 heteroatoms. The summed E-state index contributed by atoms with van der Waals surface area (Å²) in [6.07, 6.45) is 0.915. The van der Waals surface area contributed by atoms with Gasteiger partial charge in [-0.2, -0.15) is 5.10 Å². The summed E-state index contributed by atoms with van der Waals surface area (Å²) in [5, 5.41) is 18.7. The fraction of sp³-hybridized carbons (Fsp3) is 0.273. The van der Waals surface area contributed by atoms with Crippen molar-refractivity contribution in [3.05, 3.63) is 23.1 Å². The lowest BCUT2D eigenvalue weighted by atomic mass is 10.1. The van der Waals surface area contributed by atoms with E-state index in [1.807, 2.05) is 6.07 Å². The first-order valence-corrected chi connectivity index (χ1v) is 5.47.